The molecule has 7 nitrogen and oxygen atoms in total. The molecule has 0 bridgehead atoms. The molecule has 0 aliphatic heterocycles. The van der Waals surface area contributed by atoms with Crippen LogP contribution in [0.5, 0.6) is 0 Å². The summed E-state index contributed by atoms with van der Waals surface area (Å²) in [5.41, 5.74) is 0.679. The molecule has 0 aliphatic rings. The zero-order chi connectivity index (χ0) is 24.4. The molecule has 2 rings (SSSR count). The summed E-state index contributed by atoms with van der Waals surface area (Å²) in [5.74, 6) is 0.260. The van der Waals surface area contributed by atoms with Crippen LogP contribution < -0.4 is 10.6 Å². The van der Waals surface area contributed by atoms with E-state index in [0.29, 0.717) is 21.6 Å². The van der Waals surface area contributed by atoms with E-state index in [0.717, 1.165) is 5.69 Å². The van der Waals surface area contributed by atoms with Crippen molar-refractivity contribution in [2.45, 2.75) is 72.4 Å². The summed E-state index contributed by atoms with van der Waals surface area (Å²) in [7, 11) is 0. The number of hydrogen-bond acceptors (Lipinski definition) is 3. The number of halogens is 2. The van der Waals surface area contributed by atoms with Crippen molar-refractivity contribution < 1.29 is 9.59 Å². The Morgan fingerprint density at radius 3 is 2.09 bits per heavy atom. The molecular formula is C23H33Cl2N5O2. The molecule has 32 heavy (non-hydrogen) atoms. The number of nitrogens with zero attached hydrogens (tertiary/aromatic N) is 3. The van der Waals surface area contributed by atoms with E-state index in [1.807, 2.05) is 40.7 Å². The van der Waals surface area contributed by atoms with Gasteiger partial charge in [-0.15, -0.1) is 0 Å². The quantitative estimate of drug-likeness (QED) is 0.539. The van der Waals surface area contributed by atoms with E-state index in [2.05, 4.69) is 31.4 Å². The van der Waals surface area contributed by atoms with Crippen molar-refractivity contribution in [2.75, 3.05) is 17.2 Å². The van der Waals surface area contributed by atoms with Crippen molar-refractivity contribution >= 4 is 46.6 Å². The predicted octanol–water partition coefficient (Wildman–Crippen LogP) is 6.12. The number of para-hydroxylation sites is 1. The Morgan fingerprint density at radius 1 is 1.06 bits per heavy atom. The minimum Gasteiger partial charge on any atom is -0.313 e. The average molecular weight is 482 g/mol. The van der Waals surface area contributed by atoms with E-state index in [1.54, 1.807) is 22.9 Å². The maximum atomic E-state index is 12.9. The van der Waals surface area contributed by atoms with Crippen LogP contribution in [0, 0.1) is 0 Å². The SMILES string of the molecule is CC(C)N(CC(=O)Nc1cc(C(C)(C)C)nn1C(C)(C)C)C(=O)Nc1c(Cl)cccc1Cl. The first-order valence-electron chi connectivity index (χ1n) is 10.5. The van der Waals surface area contributed by atoms with Gasteiger partial charge in [0.05, 0.1) is 27.0 Å². The van der Waals surface area contributed by atoms with Gasteiger partial charge in [-0.2, -0.15) is 5.10 Å². The van der Waals surface area contributed by atoms with Crippen molar-refractivity contribution in [2.24, 2.45) is 0 Å². The first-order chi connectivity index (χ1) is 14.6. The smallest absolute Gasteiger partial charge is 0.313 e. The summed E-state index contributed by atoms with van der Waals surface area (Å²) in [5, 5.41) is 11.0. The van der Waals surface area contributed by atoms with Crippen LogP contribution in [0.25, 0.3) is 0 Å². The number of rotatable bonds is 5. The van der Waals surface area contributed by atoms with Crippen molar-refractivity contribution in [1.29, 1.82) is 0 Å². The fourth-order valence-corrected chi connectivity index (χ4v) is 3.46. The van der Waals surface area contributed by atoms with Gasteiger partial charge in [-0.05, 0) is 46.8 Å². The summed E-state index contributed by atoms with van der Waals surface area (Å²) in [6.45, 7) is 15.8. The summed E-state index contributed by atoms with van der Waals surface area (Å²) in [4.78, 5) is 27.3. The molecule has 2 N–H and O–H groups in total. The second-order valence-electron chi connectivity index (χ2n) is 10.0. The number of benzene rings is 1. The molecule has 0 atom stereocenters. The lowest BCUT2D eigenvalue weighted by Gasteiger charge is -2.27. The number of carbonyl (C=O) groups excluding carboxylic acids is 2. The molecule has 1 heterocycles. The molecule has 0 radical (unpaired) electrons. The van der Waals surface area contributed by atoms with E-state index < -0.39 is 6.03 Å². The normalized spacial score (nSPS) is 12.1. The van der Waals surface area contributed by atoms with Crippen LogP contribution in [0.4, 0.5) is 16.3 Å². The number of anilines is 2. The Balaban J connectivity index is 2.22. The molecule has 3 amide bonds. The van der Waals surface area contributed by atoms with Crippen molar-refractivity contribution in [3.05, 3.63) is 40.0 Å². The Kier molecular flexibility index (Phi) is 7.89. The number of nitrogens with one attached hydrogen (secondary N) is 2. The maximum absolute atomic E-state index is 12.9. The zero-order valence-electron chi connectivity index (χ0n) is 20.0. The third-order valence-electron chi connectivity index (χ3n) is 4.77. The first-order valence-corrected chi connectivity index (χ1v) is 11.3. The van der Waals surface area contributed by atoms with Crippen LogP contribution in [0.15, 0.2) is 24.3 Å². The number of aromatic nitrogens is 2. The monoisotopic (exact) mass is 481 g/mol. The third kappa shape index (κ3) is 6.39. The molecule has 0 saturated heterocycles. The van der Waals surface area contributed by atoms with Gasteiger partial charge in [0.1, 0.15) is 12.4 Å². The van der Waals surface area contributed by atoms with Crippen molar-refractivity contribution in [3.63, 3.8) is 0 Å². The highest BCUT2D eigenvalue weighted by molar-refractivity contribution is 6.39. The van der Waals surface area contributed by atoms with Crippen molar-refractivity contribution in [3.8, 4) is 0 Å². The van der Waals surface area contributed by atoms with Gasteiger partial charge in [0.2, 0.25) is 5.91 Å². The largest absolute Gasteiger partial charge is 0.322 e. The number of amides is 3. The van der Waals surface area contributed by atoms with Crippen LogP contribution >= 0.6 is 23.2 Å². The summed E-state index contributed by atoms with van der Waals surface area (Å²) in [6.07, 6.45) is 0. The van der Waals surface area contributed by atoms with Gasteiger partial charge in [0.15, 0.2) is 0 Å². The van der Waals surface area contributed by atoms with E-state index in [-0.39, 0.29) is 29.4 Å². The van der Waals surface area contributed by atoms with E-state index in [4.69, 9.17) is 28.3 Å². The molecule has 0 saturated carbocycles. The lowest BCUT2D eigenvalue weighted by Crippen LogP contribution is -2.45. The molecule has 0 unspecified atom stereocenters. The number of carbonyl (C=O) groups is 2. The Labute approximate surface area is 200 Å². The van der Waals surface area contributed by atoms with Gasteiger partial charge >= 0.3 is 6.03 Å². The topological polar surface area (TPSA) is 79.3 Å². The lowest BCUT2D eigenvalue weighted by atomic mass is 9.92. The second-order valence-corrected chi connectivity index (χ2v) is 10.9. The van der Waals surface area contributed by atoms with Gasteiger partial charge in [-0.3, -0.25) is 4.79 Å². The minimum atomic E-state index is -0.468. The van der Waals surface area contributed by atoms with Gasteiger partial charge in [0, 0.05) is 17.5 Å². The molecule has 176 valence electrons. The first kappa shape index (κ1) is 26.0. The highest BCUT2D eigenvalue weighted by atomic mass is 35.5. The fraction of sp³-hybridized carbons (Fsp3) is 0.522. The van der Waals surface area contributed by atoms with E-state index in [1.165, 1.54) is 4.90 Å². The second kappa shape index (κ2) is 9.71. The molecule has 0 fully saturated rings. The predicted molar refractivity (Wildman–Crippen MR) is 132 cm³/mol. The highest BCUT2D eigenvalue weighted by Gasteiger charge is 2.27. The Hall–Kier alpha value is -2.25. The standard InChI is InChI=1S/C23H33Cl2N5O2/c1-14(2)29(21(32)27-20-15(24)10-9-11-16(20)25)13-19(31)26-18-12-17(22(3,4)5)28-30(18)23(6,7)8/h9-12,14H,13H2,1-8H3,(H,26,31)(H,27,32). The average Bonchev–Trinajstić information content (AvgIpc) is 3.07. The zero-order valence-corrected chi connectivity index (χ0v) is 21.5. The fourth-order valence-electron chi connectivity index (χ4n) is 2.97. The Bertz CT molecular complexity index is 967. The van der Waals surface area contributed by atoms with E-state index in [9.17, 15) is 9.59 Å². The van der Waals surface area contributed by atoms with E-state index >= 15 is 0 Å². The maximum Gasteiger partial charge on any atom is 0.322 e. The molecule has 0 aliphatic carbocycles. The molecule has 1 aromatic carbocycles. The van der Waals surface area contributed by atoms with Gasteiger partial charge in [-0.1, -0.05) is 50.0 Å². The summed E-state index contributed by atoms with van der Waals surface area (Å²) in [6, 6.07) is 6.14. The van der Waals surface area contributed by atoms with Crippen LogP contribution in [-0.2, 0) is 15.7 Å². The highest BCUT2D eigenvalue weighted by Crippen LogP contribution is 2.30. The third-order valence-corrected chi connectivity index (χ3v) is 5.40. The molecular weight excluding hydrogens is 449 g/mol. The number of urea groups is 1. The lowest BCUT2D eigenvalue weighted by molar-refractivity contribution is -0.117. The van der Waals surface area contributed by atoms with Gasteiger partial charge in [-0.25, -0.2) is 9.48 Å². The summed E-state index contributed by atoms with van der Waals surface area (Å²) >= 11 is 12.3. The van der Waals surface area contributed by atoms with Crippen LogP contribution in [0.1, 0.15) is 61.1 Å². The molecule has 0 spiro atoms. The molecule has 9 heteroatoms. The molecule has 1 aromatic heterocycles. The Morgan fingerprint density at radius 2 is 1.62 bits per heavy atom. The number of hydrogen-bond donors (Lipinski definition) is 2. The van der Waals surface area contributed by atoms with Gasteiger partial charge in [0.25, 0.3) is 0 Å². The summed E-state index contributed by atoms with van der Waals surface area (Å²) < 4.78 is 1.80. The van der Waals surface area contributed by atoms with Crippen LogP contribution in [-0.4, -0.2) is 39.2 Å². The van der Waals surface area contributed by atoms with Crippen LogP contribution in [0.2, 0.25) is 10.0 Å². The van der Waals surface area contributed by atoms with Crippen molar-refractivity contribution in [1.82, 2.24) is 14.7 Å². The van der Waals surface area contributed by atoms with Gasteiger partial charge < -0.3 is 15.5 Å². The molecule has 2 aromatic rings. The van der Waals surface area contributed by atoms with Crippen LogP contribution in [0.3, 0.4) is 0 Å². The minimum absolute atomic E-state index is 0.147.